The normalized spacial score (nSPS) is 13.4. The van der Waals surface area contributed by atoms with Crippen LogP contribution in [-0.2, 0) is 16.0 Å². The fourth-order valence-corrected chi connectivity index (χ4v) is 4.90. The number of nitrogens with zero attached hydrogens (tertiary/aromatic N) is 2. The molecule has 0 spiro atoms. The van der Waals surface area contributed by atoms with Gasteiger partial charge in [-0.2, -0.15) is 0 Å². The molecule has 4 aromatic rings. The molecule has 1 N–H and O–H groups in total. The van der Waals surface area contributed by atoms with Gasteiger partial charge in [-0.3, -0.25) is 14.9 Å². The van der Waals surface area contributed by atoms with Crippen molar-refractivity contribution in [3.05, 3.63) is 99.2 Å². The minimum absolute atomic E-state index is 0.0132. The minimum Gasteiger partial charge on any atom is -0.497 e. The minimum atomic E-state index is -0.621. The molecule has 0 radical (unpaired) electrons. The van der Waals surface area contributed by atoms with E-state index in [1.165, 1.54) is 26.4 Å². The Morgan fingerprint density at radius 1 is 1.02 bits per heavy atom. The molecule has 41 heavy (non-hydrogen) atoms. The number of pyridine rings is 1. The Morgan fingerprint density at radius 2 is 1.80 bits per heavy atom. The first-order valence-electron chi connectivity index (χ1n) is 12.9. The second kappa shape index (κ2) is 11.9. The number of allylic oxidation sites excluding steroid dienone is 1. The summed E-state index contributed by atoms with van der Waals surface area (Å²) in [6, 6.07) is 18.6. The molecule has 0 bridgehead atoms. The molecule has 10 nitrogen and oxygen atoms in total. The van der Waals surface area contributed by atoms with Crippen LogP contribution in [0.15, 0.2) is 66.7 Å². The summed E-state index contributed by atoms with van der Waals surface area (Å²) in [5, 5.41) is 14.4. The van der Waals surface area contributed by atoms with E-state index in [4.69, 9.17) is 19.2 Å². The van der Waals surface area contributed by atoms with Crippen LogP contribution in [0.5, 0.6) is 11.5 Å². The highest BCUT2D eigenvalue weighted by Crippen LogP contribution is 2.36. The first-order chi connectivity index (χ1) is 19.9. The lowest BCUT2D eigenvalue weighted by Gasteiger charge is -2.22. The number of amides is 1. The second-order valence-corrected chi connectivity index (χ2v) is 9.39. The van der Waals surface area contributed by atoms with Crippen molar-refractivity contribution in [2.24, 2.45) is 0 Å². The van der Waals surface area contributed by atoms with Crippen LogP contribution in [0.25, 0.3) is 22.6 Å². The number of aromatic nitrogens is 1. The Labute approximate surface area is 235 Å². The molecule has 10 heteroatoms. The van der Waals surface area contributed by atoms with E-state index < -0.39 is 23.4 Å². The lowest BCUT2D eigenvalue weighted by atomic mass is 9.86. The van der Waals surface area contributed by atoms with Crippen molar-refractivity contribution in [1.82, 2.24) is 4.98 Å². The number of nitrogens with one attached hydrogen (secondary N) is 1. The molecule has 208 valence electrons. The zero-order valence-corrected chi connectivity index (χ0v) is 22.5. The second-order valence-electron chi connectivity index (χ2n) is 9.39. The molecule has 1 aliphatic rings. The molecule has 5 rings (SSSR count). The molecule has 0 saturated heterocycles. The molecule has 3 aromatic carbocycles. The number of non-ortho nitro benzene ring substituents is 1. The van der Waals surface area contributed by atoms with Crippen LogP contribution in [0, 0.1) is 10.1 Å². The quantitative estimate of drug-likeness (QED) is 0.164. The standard InChI is InChI=1S/C31H27N3O7/c1-39-22-14-15-27(40-2)26(17-22)32-28(35)18-41-31(36)29-23-7-3-4-9-25(23)33-30-20(6-5-8-24(29)30)16-19-10-12-21(13-11-19)34(37)38/h3-4,7,9-17H,5-6,8,18H2,1-2H3,(H,32,35)/b20-16-. The van der Waals surface area contributed by atoms with Gasteiger partial charge in [-0.05, 0) is 72.4 Å². The predicted octanol–water partition coefficient (Wildman–Crippen LogP) is 5.83. The van der Waals surface area contributed by atoms with E-state index in [-0.39, 0.29) is 5.69 Å². The summed E-state index contributed by atoms with van der Waals surface area (Å²) < 4.78 is 16.0. The summed E-state index contributed by atoms with van der Waals surface area (Å²) in [7, 11) is 3.00. The summed E-state index contributed by atoms with van der Waals surface area (Å²) in [5.41, 5.74) is 4.56. The summed E-state index contributed by atoms with van der Waals surface area (Å²) >= 11 is 0. The van der Waals surface area contributed by atoms with Gasteiger partial charge in [0.25, 0.3) is 11.6 Å². The van der Waals surface area contributed by atoms with Gasteiger partial charge in [0.1, 0.15) is 11.5 Å². The lowest BCUT2D eigenvalue weighted by Crippen LogP contribution is -2.23. The third-order valence-electron chi connectivity index (χ3n) is 6.83. The van der Waals surface area contributed by atoms with Crippen molar-refractivity contribution in [1.29, 1.82) is 0 Å². The molecule has 1 aromatic heterocycles. The van der Waals surface area contributed by atoms with Crippen molar-refractivity contribution in [2.45, 2.75) is 19.3 Å². The molecule has 1 aliphatic carbocycles. The van der Waals surface area contributed by atoms with Crippen LogP contribution in [0.4, 0.5) is 11.4 Å². The van der Waals surface area contributed by atoms with Gasteiger partial charge in [0, 0.05) is 23.6 Å². The predicted molar refractivity (Wildman–Crippen MR) is 154 cm³/mol. The number of hydrogen-bond donors (Lipinski definition) is 1. The Kier molecular flexibility index (Phi) is 7.91. The zero-order chi connectivity index (χ0) is 28.9. The van der Waals surface area contributed by atoms with E-state index in [1.807, 2.05) is 30.3 Å². The summed E-state index contributed by atoms with van der Waals surface area (Å²) in [6.07, 6.45) is 4.06. The van der Waals surface area contributed by atoms with E-state index in [2.05, 4.69) is 5.32 Å². The van der Waals surface area contributed by atoms with E-state index >= 15 is 0 Å². The molecule has 0 unspecified atom stereocenters. The van der Waals surface area contributed by atoms with Gasteiger partial charge in [-0.1, -0.05) is 18.2 Å². The van der Waals surface area contributed by atoms with Crippen molar-refractivity contribution in [3.63, 3.8) is 0 Å². The summed E-state index contributed by atoms with van der Waals surface area (Å²) in [6.45, 7) is -0.504. The maximum atomic E-state index is 13.5. The third kappa shape index (κ3) is 5.86. The van der Waals surface area contributed by atoms with Gasteiger partial charge in [0.15, 0.2) is 6.61 Å². The fourth-order valence-electron chi connectivity index (χ4n) is 4.90. The topological polar surface area (TPSA) is 130 Å². The number of ether oxygens (including phenoxy) is 3. The first-order valence-corrected chi connectivity index (χ1v) is 12.9. The van der Waals surface area contributed by atoms with Crippen LogP contribution in [0.1, 0.15) is 40.0 Å². The number of nitro benzene ring substituents is 1. The molecular formula is C31H27N3O7. The maximum Gasteiger partial charge on any atom is 0.339 e. The van der Waals surface area contributed by atoms with Gasteiger partial charge >= 0.3 is 5.97 Å². The van der Waals surface area contributed by atoms with Gasteiger partial charge in [-0.15, -0.1) is 0 Å². The number of carbonyl (C=O) groups is 2. The average molecular weight is 554 g/mol. The number of methoxy groups -OCH3 is 2. The van der Waals surface area contributed by atoms with Crippen molar-refractivity contribution < 1.29 is 28.7 Å². The Bertz CT molecular complexity index is 1680. The summed E-state index contributed by atoms with van der Waals surface area (Å²) in [5.74, 6) is -0.183. The van der Waals surface area contributed by atoms with Gasteiger partial charge < -0.3 is 19.5 Å². The van der Waals surface area contributed by atoms with E-state index in [1.54, 1.807) is 30.3 Å². The third-order valence-corrected chi connectivity index (χ3v) is 6.83. The number of nitro groups is 1. The smallest absolute Gasteiger partial charge is 0.339 e. The molecule has 0 aliphatic heterocycles. The number of para-hydroxylation sites is 1. The van der Waals surface area contributed by atoms with E-state index in [9.17, 15) is 19.7 Å². The maximum absolute atomic E-state index is 13.5. The van der Waals surface area contributed by atoms with Gasteiger partial charge in [-0.25, -0.2) is 9.78 Å². The highest BCUT2D eigenvalue weighted by atomic mass is 16.6. The summed E-state index contributed by atoms with van der Waals surface area (Å²) in [4.78, 5) is 41.7. The zero-order valence-electron chi connectivity index (χ0n) is 22.5. The molecule has 0 atom stereocenters. The van der Waals surface area contributed by atoms with E-state index in [0.717, 1.165) is 29.5 Å². The number of anilines is 1. The SMILES string of the molecule is COc1ccc(OC)c(NC(=O)COC(=O)c2c3c(nc4ccccc24)/C(=C\c2ccc([N+](=O)[O-])cc2)CCC3)c1. The Morgan fingerprint density at radius 3 is 2.54 bits per heavy atom. The number of esters is 1. The van der Waals surface area contributed by atoms with Crippen LogP contribution in [0.3, 0.4) is 0 Å². The van der Waals surface area contributed by atoms with Crippen molar-refractivity contribution in [2.75, 3.05) is 26.1 Å². The van der Waals surface area contributed by atoms with Crippen LogP contribution < -0.4 is 14.8 Å². The number of carbonyl (C=O) groups excluding carboxylic acids is 2. The largest absolute Gasteiger partial charge is 0.497 e. The fraction of sp³-hybridized carbons (Fsp3) is 0.194. The monoisotopic (exact) mass is 553 g/mol. The molecule has 0 fully saturated rings. The Hall–Kier alpha value is -5.25. The molecule has 0 saturated carbocycles. The highest BCUT2D eigenvalue weighted by molar-refractivity contribution is 6.07. The Balaban J connectivity index is 1.43. The number of benzene rings is 3. The van der Waals surface area contributed by atoms with Crippen LogP contribution in [0.2, 0.25) is 0 Å². The first kappa shape index (κ1) is 27.3. The van der Waals surface area contributed by atoms with Gasteiger partial charge in [0.2, 0.25) is 0 Å². The number of rotatable bonds is 8. The van der Waals surface area contributed by atoms with Crippen LogP contribution in [-0.4, -0.2) is 42.6 Å². The molecular weight excluding hydrogens is 526 g/mol. The average Bonchev–Trinajstić information content (AvgIpc) is 2.99. The van der Waals surface area contributed by atoms with Crippen molar-refractivity contribution in [3.8, 4) is 11.5 Å². The highest BCUT2D eigenvalue weighted by Gasteiger charge is 2.26. The number of hydrogen-bond acceptors (Lipinski definition) is 8. The van der Waals surface area contributed by atoms with Gasteiger partial charge in [0.05, 0.1) is 41.6 Å². The number of fused-ring (bicyclic) bond motifs is 2. The van der Waals surface area contributed by atoms with Crippen molar-refractivity contribution >= 4 is 45.8 Å². The lowest BCUT2D eigenvalue weighted by molar-refractivity contribution is -0.384. The molecule has 1 heterocycles. The van der Waals surface area contributed by atoms with Crippen LogP contribution >= 0.6 is 0 Å². The van der Waals surface area contributed by atoms with E-state index in [0.29, 0.717) is 45.8 Å². The molecule has 1 amide bonds.